The van der Waals surface area contributed by atoms with Crippen LogP contribution in [0, 0.1) is 5.82 Å². The molecule has 0 unspecified atom stereocenters. The van der Waals surface area contributed by atoms with E-state index in [0.717, 1.165) is 24.8 Å². The van der Waals surface area contributed by atoms with Crippen LogP contribution in [0.2, 0.25) is 0 Å². The summed E-state index contributed by atoms with van der Waals surface area (Å²) in [5, 5.41) is 3.35. The molecular formula is C22H25FN4O. The number of hydrogen-bond acceptors (Lipinski definition) is 5. The highest BCUT2D eigenvalue weighted by Crippen LogP contribution is 2.27. The van der Waals surface area contributed by atoms with Crippen LogP contribution in [0.5, 0.6) is 0 Å². The molecule has 1 aromatic heterocycles. The lowest BCUT2D eigenvalue weighted by molar-refractivity contribution is -0.104. The van der Waals surface area contributed by atoms with E-state index in [1.165, 1.54) is 31.5 Å². The molecule has 5 nitrogen and oxygen atoms in total. The fourth-order valence-corrected chi connectivity index (χ4v) is 3.32. The molecule has 0 spiro atoms. The van der Waals surface area contributed by atoms with Crippen LogP contribution < -0.4 is 10.2 Å². The first-order valence-corrected chi connectivity index (χ1v) is 9.58. The number of carbonyl (C=O) groups excluding carboxylic acids is 1. The number of nitrogens with one attached hydrogen (secondary N) is 1. The third kappa shape index (κ3) is 5.25. The van der Waals surface area contributed by atoms with Crippen LogP contribution in [0.4, 0.5) is 16.0 Å². The molecule has 1 aliphatic carbocycles. The van der Waals surface area contributed by atoms with Crippen LogP contribution in [0.15, 0.2) is 54.9 Å². The third-order valence-corrected chi connectivity index (χ3v) is 4.82. The summed E-state index contributed by atoms with van der Waals surface area (Å²) in [4.78, 5) is 20.8. The monoisotopic (exact) mass is 380 g/mol. The van der Waals surface area contributed by atoms with Crippen LogP contribution >= 0.6 is 0 Å². The molecule has 1 aromatic carbocycles. The Hall–Kier alpha value is -3.02. The number of carbonyl (C=O) groups is 1. The molecule has 146 valence electrons. The van der Waals surface area contributed by atoms with Gasteiger partial charge in [0.05, 0.1) is 6.20 Å². The zero-order valence-corrected chi connectivity index (χ0v) is 16.0. The van der Waals surface area contributed by atoms with Crippen molar-refractivity contribution in [2.45, 2.75) is 38.1 Å². The standard InChI is InChI=1S/C22H25FN4O/c1-27(13-6-3-7-14-28)19-12-8-9-17(15-19)21-20(23)16-24-22(26-21)25-18-10-4-2-5-11-18/h3,6-9,12-16,18H,2,4-5,10-11H2,1H3,(H,24,25,26)/b7-3-,13-6-. The molecule has 28 heavy (non-hydrogen) atoms. The number of aldehydes is 1. The second kappa shape index (κ2) is 9.78. The Bertz CT molecular complexity index is 859. The summed E-state index contributed by atoms with van der Waals surface area (Å²) in [5.74, 6) is 0.0272. The Morgan fingerprint density at radius 3 is 2.79 bits per heavy atom. The van der Waals surface area contributed by atoms with Crippen molar-refractivity contribution >= 4 is 17.9 Å². The van der Waals surface area contributed by atoms with Gasteiger partial charge in [0.25, 0.3) is 0 Å². The summed E-state index contributed by atoms with van der Waals surface area (Å²) in [6.07, 6.45) is 14.5. The summed E-state index contributed by atoms with van der Waals surface area (Å²) < 4.78 is 14.4. The van der Waals surface area contributed by atoms with E-state index < -0.39 is 5.82 Å². The minimum atomic E-state index is -0.446. The fraction of sp³-hybridized carbons (Fsp3) is 0.318. The molecule has 6 heteroatoms. The van der Waals surface area contributed by atoms with Gasteiger partial charge >= 0.3 is 0 Å². The van der Waals surface area contributed by atoms with E-state index in [1.807, 2.05) is 42.4 Å². The van der Waals surface area contributed by atoms with Gasteiger partial charge in [-0.1, -0.05) is 37.5 Å². The van der Waals surface area contributed by atoms with Crippen LogP contribution in [0.1, 0.15) is 32.1 Å². The van der Waals surface area contributed by atoms with Crippen molar-refractivity contribution in [2.75, 3.05) is 17.3 Å². The van der Waals surface area contributed by atoms with Crippen molar-refractivity contribution in [3.05, 3.63) is 60.7 Å². The van der Waals surface area contributed by atoms with Gasteiger partial charge in [0.15, 0.2) is 5.82 Å². The molecular weight excluding hydrogens is 355 g/mol. The zero-order valence-electron chi connectivity index (χ0n) is 16.0. The average molecular weight is 380 g/mol. The lowest BCUT2D eigenvalue weighted by Crippen LogP contribution is -2.23. The largest absolute Gasteiger partial charge is 0.351 e. The Kier molecular flexibility index (Phi) is 6.89. The van der Waals surface area contributed by atoms with Gasteiger partial charge in [-0.2, -0.15) is 0 Å². The lowest BCUT2D eigenvalue weighted by Gasteiger charge is -2.22. The smallest absolute Gasteiger partial charge is 0.223 e. The van der Waals surface area contributed by atoms with E-state index in [0.29, 0.717) is 17.6 Å². The van der Waals surface area contributed by atoms with Crippen LogP contribution in [0.25, 0.3) is 11.3 Å². The number of allylic oxidation sites excluding steroid dienone is 3. The van der Waals surface area contributed by atoms with E-state index in [1.54, 1.807) is 12.2 Å². The maximum absolute atomic E-state index is 14.4. The Morgan fingerprint density at radius 1 is 1.18 bits per heavy atom. The highest BCUT2D eigenvalue weighted by atomic mass is 19.1. The van der Waals surface area contributed by atoms with Crippen molar-refractivity contribution in [1.82, 2.24) is 9.97 Å². The Morgan fingerprint density at radius 2 is 2.00 bits per heavy atom. The maximum Gasteiger partial charge on any atom is 0.223 e. The molecule has 1 saturated carbocycles. The second-order valence-corrected chi connectivity index (χ2v) is 6.89. The van der Waals surface area contributed by atoms with E-state index in [9.17, 15) is 9.18 Å². The molecule has 0 bridgehead atoms. The average Bonchev–Trinajstić information content (AvgIpc) is 2.73. The number of aromatic nitrogens is 2. The van der Waals surface area contributed by atoms with Crippen molar-refractivity contribution in [3.63, 3.8) is 0 Å². The van der Waals surface area contributed by atoms with Gasteiger partial charge < -0.3 is 10.2 Å². The van der Waals surface area contributed by atoms with Crippen LogP contribution in [-0.4, -0.2) is 29.3 Å². The van der Waals surface area contributed by atoms with Crippen molar-refractivity contribution < 1.29 is 9.18 Å². The van der Waals surface area contributed by atoms with E-state index >= 15 is 0 Å². The van der Waals surface area contributed by atoms with Gasteiger partial charge in [0.2, 0.25) is 5.95 Å². The number of anilines is 2. The highest BCUT2D eigenvalue weighted by molar-refractivity contribution is 5.67. The molecule has 1 aliphatic rings. The number of hydrogen-bond donors (Lipinski definition) is 1. The fourth-order valence-electron chi connectivity index (χ4n) is 3.32. The van der Waals surface area contributed by atoms with E-state index in [4.69, 9.17) is 0 Å². The SMILES string of the molecule is CN(/C=C\C=C/C=O)c1cccc(-c2nc(NC3CCCCC3)ncc2F)c1. The topological polar surface area (TPSA) is 58.1 Å². The van der Waals surface area contributed by atoms with Gasteiger partial charge in [0, 0.05) is 30.5 Å². The number of nitrogens with zero attached hydrogens (tertiary/aromatic N) is 3. The van der Waals surface area contributed by atoms with Gasteiger partial charge in [0.1, 0.15) is 12.0 Å². The minimum Gasteiger partial charge on any atom is -0.351 e. The number of benzene rings is 1. The van der Waals surface area contributed by atoms with Gasteiger partial charge in [-0.3, -0.25) is 4.79 Å². The number of halogens is 1. The van der Waals surface area contributed by atoms with Crippen molar-refractivity contribution in [2.24, 2.45) is 0 Å². The first-order chi connectivity index (χ1) is 13.7. The summed E-state index contributed by atoms with van der Waals surface area (Å²) in [5.41, 5.74) is 1.86. The molecule has 1 heterocycles. The van der Waals surface area contributed by atoms with Crippen LogP contribution in [-0.2, 0) is 4.79 Å². The predicted octanol–water partition coefficient (Wildman–Crippen LogP) is 4.73. The maximum atomic E-state index is 14.4. The highest BCUT2D eigenvalue weighted by Gasteiger charge is 2.16. The van der Waals surface area contributed by atoms with Crippen molar-refractivity contribution in [1.29, 1.82) is 0 Å². The molecule has 2 aromatic rings. The van der Waals surface area contributed by atoms with Crippen LogP contribution in [0.3, 0.4) is 0 Å². The minimum absolute atomic E-state index is 0.286. The first-order valence-electron chi connectivity index (χ1n) is 9.58. The number of rotatable bonds is 7. The second-order valence-electron chi connectivity index (χ2n) is 6.89. The van der Waals surface area contributed by atoms with Gasteiger partial charge in [-0.05, 0) is 37.1 Å². The Labute approximate surface area is 165 Å². The molecule has 0 amide bonds. The van der Waals surface area contributed by atoms with E-state index in [2.05, 4.69) is 15.3 Å². The summed E-state index contributed by atoms with van der Waals surface area (Å²) >= 11 is 0. The molecule has 3 rings (SSSR count). The predicted molar refractivity (Wildman–Crippen MR) is 111 cm³/mol. The Balaban J connectivity index is 1.80. The lowest BCUT2D eigenvalue weighted by atomic mass is 9.96. The first kappa shape index (κ1) is 19.7. The molecule has 0 radical (unpaired) electrons. The summed E-state index contributed by atoms with van der Waals surface area (Å²) in [6.45, 7) is 0. The summed E-state index contributed by atoms with van der Waals surface area (Å²) in [7, 11) is 1.89. The van der Waals surface area contributed by atoms with Gasteiger partial charge in [-0.15, -0.1) is 0 Å². The van der Waals surface area contributed by atoms with Crippen molar-refractivity contribution in [3.8, 4) is 11.3 Å². The summed E-state index contributed by atoms with van der Waals surface area (Å²) in [6, 6.07) is 7.87. The normalized spacial score (nSPS) is 15.2. The van der Waals surface area contributed by atoms with Gasteiger partial charge in [-0.25, -0.2) is 14.4 Å². The molecule has 0 aliphatic heterocycles. The molecule has 0 atom stereocenters. The molecule has 1 N–H and O–H groups in total. The zero-order chi connectivity index (χ0) is 19.8. The van der Waals surface area contributed by atoms with E-state index in [-0.39, 0.29) is 5.69 Å². The quantitative estimate of drug-likeness (QED) is 0.427. The molecule has 1 fully saturated rings. The third-order valence-electron chi connectivity index (χ3n) is 4.82. The molecule has 0 saturated heterocycles.